The number of Topliss-reactive ketones (excluding diaryl/α,β-unsaturated/α-hetero) is 1. The Balaban J connectivity index is 2.91. The Kier molecular flexibility index (Phi) is 12.5. The van der Waals surface area contributed by atoms with Gasteiger partial charge in [0.05, 0.1) is 22.2 Å². The fraction of sp³-hybridized carbons (Fsp3) is 0.625. The third-order valence-corrected chi connectivity index (χ3v) is 7.06. The van der Waals surface area contributed by atoms with Crippen LogP contribution in [0, 0.1) is 0 Å². The minimum atomic E-state index is -1.24. The van der Waals surface area contributed by atoms with Gasteiger partial charge in [-0.05, 0) is 52.3 Å². The van der Waals surface area contributed by atoms with E-state index in [1.54, 1.807) is 33.8 Å². The number of nitrogens with one attached hydrogen (secondary N) is 1. The van der Waals surface area contributed by atoms with Crippen molar-refractivity contribution in [2.24, 2.45) is 0 Å². The third-order valence-electron chi connectivity index (χ3n) is 4.55. The van der Waals surface area contributed by atoms with Gasteiger partial charge in [-0.25, -0.2) is 9.59 Å². The highest BCUT2D eigenvalue weighted by molar-refractivity contribution is 6.76. The van der Waals surface area contributed by atoms with E-state index in [2.05, 4.69) is 25.0 Å². The normalized spacial score (nSPS) is 12.6. The van der Waals surface area contributed by atoms with Crippen LogP contribution in [0.3, 0.4) is 0 Å². The first-order valence-corrected chi connectivity index (χ1v) is 16.0. The molecule has 1 rings (SSSR count). The van der Waals surface area contributed by atoms with Gasteiger partial charge < -0.3 is 24.3 Å². The highest BCUT2D eigenvalue weighted by atomic mass is 35.5. The second-order valence-corrected chi connectivity index (χ2v) is 16.5. The summed E-state index contributed by atoms with van der Waals surface area (Å²) in [6.07, 6.45) is -0.957. The van der Waals surface area contributed by atoms with Crippen molar-refractivity contribution in [1.82, 2.24) is 5.32 Å². The van der Waals surface area contributed by atoms with Gasteiger partial charge in [-0.3, -0.25) is 4.79 Å². The van der Waals surface area contributed by atoms with Gasteiger partial charge in [0, 0.05) is 21.1 Å². The maximum absolute atomic E-state index is 13.1. The molecule has 1 N–H and O–H groups in total. The van der Waals surface area contributed by atoms with Crippen molar-refractivity contribution in [3.05, 3.63) is 27.7 Å². The van der Waals surface area contributed by atoms with E-state index in [-0.39, 0.29) is 47.6 Å². The van der Waals surface area contributed by atoms with E-state index in [0.717, 1.165) is 6.04 Å². The van der Waals surface area contributed by atoms with Gasteiger partial charge in [-0.1, -0.05) is 42.8 Å². The van der Waals surface area contributed by atoms with E-state index in [1.807, 2.05) is 0 Å². The molecule has 198 valence electrons. The van der Waals surface area contributed by atoms with Gasteiger partial charge in [-0.2, -0.15) is 0 Å². The Bertz CT molecular complexity index is 882. The van der Waals surface area contributed by atoms with Crippen LogP contribution in [0.5, 0.6) is 5.75 Å². The van der Waals surface area contributed by atoms with Gasteiger partial charge in [-0.15, -0.1) is 0 Å². The molecule has 1 amide bonds. The summed E-state index contributed by atoms with van der Waals surface area (Å²) in [6, 6.07) is 2.97. The molecule has 8 nitrogen and oxygen atoms in total. The number of amides is 1. The lowest BCUT2D eigenvalue weighted by atomic mass is 10.0. The van der Waals surface area contributed by atoms with E-state index in [9.17, 15) is 14.4 Å². The molecule has 0 saturated heterocycles. The minimum absolute atomic E-state index is 0.0358. The minimum Gasteiger partial charge on any atom is -0.467 e. The van der Waals surface area contributed by atoms with Gasteiger partial charge in [0.2, 0.25) is 0 Å². The van der Waals surface area contributed by atoms with Gasteiger partial charge in [0.25, 0.3) is 0 Å². The first-order chi connectivity index (χ1) is 16.1. The molecule has 0 aliphatic heterocycles. The number of carbonyl (C=O) groups excluding carboxylic acids is 3. The monoisotopic (exact) mass is 549 g/mol. The molecule has 0 heterocycles. The van der Waals surface area contributed by atoms with Gasteiger partial charge in [0.1, 0.15) is 17.4 Å². The van der Waals surface area contributed by atoms with Crippen molar-refractivity contribution in [2.45, 2.75) is 77.9 Å². The molecular formula is C24H37Cl2NO7Si. The fourth-order valence-corrected chi connectivity index (χ4v) is 3.97. The molecule has 0 aromatic heterocycles. The number of ketones is 1. The zero-order valence-electron chi connectivity index (χ0n) is 21.6. The number of halogens is 2. The predicted octanol–water partition coefficient (Wildman–Crippen LogP) is 6.10. The largest absolute Gasteiger partial charge is 0.467 e. The number of ether oxygens (including phenoxy) is 4. The molecule has 0 fully saturated rings. The molecule has 0 spiro atoms. The molecule has 35 heavy (non-hydrogen) atoms. The smallest absolute Gasteiger partial charge is 0.408 e. The lowest BCUT2D eigenvalue weighted by Gasteiger charge is -2.23. The van der Waals surface area contributed by atoms with Crippen molar-refractivity contribution in [2.75, 3.05) is 20.0 Å². The summed E-state index contributed by atoms with van der Waals surface area (Å²) in [5.41, 5.74) is -0.663. The van der Waals surface area contributed by atoms with E-state index in [0.29, 0.717) is 6.61 Å². The molecule has 1 aromatic carbocycles. The van der Waals surface area contributed by atoms with Crippen LogP contribution in [0.25, 0.3) is 0 Å². The van der Waals surface area contributed by atoms with Gasteiger partial charge in [0.15, 0.2) is 12.6 Å². The predicted molar refractivity (Wildman–Crippen MR) is 139 cm³/mol. The zero-order valence-corrected chi connectivity index (χ0v) is 24.1. The Hall–Kier alpha value is -1.81. The van der Waals surface area contributed by atoms with Crippen molar-refractivity contribution in [3.63, 3.8) is 0 Å². The van der Waals surface area contributed by atoms with Crippen LogP contribution in [0.15, 0.2) is 12.1 Å². The van der Waals surface area contributed by atoms with Crippen LogP contribution in [0.1, 0.15) is 50.9 Å². The maximum Gasteiger partial charge on any atom is 0.408 e. The van der Waals surface area contributed by atoms with E-state index in [4.69, 9.17) is 42.1 Å². The Morgan fingerprint density at radius 3 is 2.34 bits per heavy atom. The van der Waals surface area contributed by atoms with E-state index >= 15 is 0 Å². The maximum atomic E-state index is 13.1. The number of benzene rings is 1. The van der Waals surface area contributed by atoms with E-state index < -0.39 is 37.6 Å². The molecular weight excluding hydrogens is 513 g/mol. The van der Waals surface area contributed by atoms with Crippen LogP contribution in [-0.2, 0) is 19.0 Å². The molecule has 0 radical (unpaired) electrons. The second-order valence-electron chi connectivity index (χ2n) is 10.1. The standard InChI is InChI=1S/C24H37Cl2NO7Si/c1-8-32-22(29)17(27-23(30)34-24(2,3)4)10-11-18(28)20-19(12-9-16(25)21(20)26)33-15-31-13-14-35(5,6)7/h9,12,17H,8,10-11,13-15H2,1-7H3,(H,27,30)/t17-/m1/s1. The van der Waals surface area contributed by atoms with Crippen molar-refractivity contribution >= 4 is 49.1 Å². The molecule has 0 aliphatic rings. The molecule has 1 atom stereocenters. The quantitative estimate of drug-likeness (QED) is 0.104. The number of hydrogen-bond acceptors (Lipinski definition) is 7. The number of hydrogen-bond donors (Lipinski definition) is 1. The van der Waals surface area contributed by atoms with Crippen LogP contribution < -0.4 is 10.1 Å². The summed E-state index contributed by atoms with van der Waals surface area (Å²) < 4.78 is 21.5. The number of carbonyl (C=O) groups is 3. The summed E-state index contributed by atoms with van der Waals surface area (Å²) in [6.45, 7) is 14.1. The highest BCUT2D eigenvalue weighted by Crippen LogP contribution is 2.34. The molecule has 0 bridgehead atoms. The number of alkyl carbamates (subject to hydrolysis) is 1. The topological polar surface area (TPSA) is 100 Å². The van der Waals surface area contributed by atoms with Crippen LogP contribution >= 0.6 is 23.2 Å². The summed E-state index contributed by atoms with van der Waals surface area (Å²) in [5.74, 6) is -0.851. The zero-order chi connectivity index (χ0) is 26.8. The van der Waals surface area contributed by atoms with Crippen LogP contribution in [0.4, 0.5) is 4.79 Å². The first kappa shape index (κ1) is 31.2. The van der Waals surface area contributed by atoms with Crippen LogP contribution in [-0.4, -0.2) is 57.6 Å². The average molecular weight is 551 g/mol. The van der Waals surface area contributed by atoms with Crippen LogP contribution in [0.2, 0.25) is 35.7 Å². The SMILES string of the molecule is CCOC(=O)[C@@H](CCC(=O)c1c(OCOCC[Si](C)(C)C)ccc(Cl)c1Cl)NC(=O)OC(C)(C)C. The molecule has 0 aliphatic carbocycles. The highest BCUT2D eigenvalue weighted by Gasteiger charge is 2.28. The van der Waals surface area contributed by atoms with Crippen molar-refractivity contribution < 1.29 is 33.3 Å². The number of rotatable bonds is 13. The Labute approximate surface area is 218 Å². The lowest BCUT2D eigenvalue weighted by molar-refractivity contribution is -0.145. The van der Waals surface area contributed by atoms with Crippen molar-refractivity contribution in [3.8, 4) is 5.75 Å². The van der Waals surface area contributed by atoms with E-state index in [1.165, 1.54) is 6.07 Å². The summed E-state index contributed by atoms with van der Waals surface area (Å²) >= 11 is 12.5. The molecule has 0 saturated carbocycles. The van der Waals surface area contributed by atoms with Crippen molar-refractivity contribution in [1.29, 1.82) is 0 Å². The lowest BCUT2D eigenvalue weighted by Crippen LogP contribution is -2.44. The summed E-state index contributed by atoms with van der Waals surface area (Å²) in [5, 5.41) is 2.71. The average Bonchev–Trinajstić information content (AvgIpc) is 2.71. The second kappa shape index (κ2) is 14.1. The fourth-order valence-electron chi connectivity index (χ4n) is 2.80. The summed E-state index contributed by atoms with van der Waals surface area (Å²) in [4.78, 5) is 37.7. The molecule has 0 unspecified atom stereocenters. The number of esters is 1. The third kappa shape index (κ3) is 12.1. The Morgan fingerprint density at radius 1 is 1.11 bits per heavy atom. The molecule has 1 aromatic rings. The van der Waals surface area contributed by atoms with Gasteiger partial charge >= 0.3 is 12.1 Å². The first-order valence-electron chi connectivity index (χ1n) is 11.5. The summed E-state index contributed by atoms with van der Waals surface area (Å²) in [7, 11) is -1.24. The Morgan fingerprint density at radius 2 is 1.77 bits per heavy atom. The molecule has 11 heteroatoms.